The Hall–Kier alpha value is -0.260. The smallest absolute Gasteiger partial charge is 0.356 e. The maximum absolute atomic E-state index is 12.5. The fraction of sp³-hybridized carbons (Fsp3) is 0.923. The van der Waals surface area contributed by atoms with Crippen LogP contribution in [0.5, 0.6) is 0 Å². The lowest BCUT2D eigenvalue weighted by Crippen LogP contribution is -2.36. The first-order valence-electron chi connectivity index (χ1n) is 6.79. The molecule has 1 fully saturated rings. The van der Waals surface area contributed by atoms with Gasteiger partial charge in [-0.25, -0.2) is 0 Å². The predicted octanol–water partition coefficient (Wildman–Crippen LogP) is 4.03. The summed E-state index contributed by atoms with van der Waals surface area (Å²) in [5.74, 6) is -1.53. The van der Waals surface area contributed by atoms with Gasteiger partial charge in [0, 0.05) is 17.3 Å². The summed E-state index contributed by atoms with van der Waals surface area (Å²) >= 11 is 3.42. The summed E-state index contributed by atoms with van der Waals surface area (Å²) in [5, 5.41) is 2.82. The largest absolute Gasteiger partial charge is 0.391 e. The molecule has 2 nitrogen and oxygen atoms in total. The molecule has 0 aliphatic heterocycles. The molecule has 0 saturated heterocycles. The zero-order chi connectivity index (χ0) is 14.5. The Kier molecular flexibility index (Phi) is 6.63. The third-order valence-corrected chi connectivity index (χ3v) is 4.10. The highest BCUT2D eigenvalue weighted by Gasteiger charge is 2.42. The van der Waals surface area contributed by atoms with Crippen LogP contribution < -0.4 is 5.32 Å². The third kappa shape index (κ3) is 6.15. The molecule has 1 rings (SSSR count). The van der Waals surface area contributed by atoms with Gasteiger partial charge in [0.2, 0.25) is 5.91 Å². The first-order valence-corrected chi connectivity index (χ1v) is 7.70. The highest BCUT2D eigenvalue weighted by Crippen LogP contribution is 2.39. The van der Waals surface area contributed by atoms with Crippen molar-refractivity contribution in [3.63, 3.8) is 0 Å². The van der Waals surface area contributed by atoms with E-state index in [-0.39, 0.29) is 24.7 Å². The monoisotopic (exact) mass is 343 g/mol. The van der Waals surface area contributed by atoms with Crippen LogP contribution in [0.2, 0.25) is 0 Å². The van der Waals surface area contributed by atoms with Gasteiger partial charge in [0.1, 0.15) is 0 Å². The molecule has 0 aromatic rings. The molecule has 6 heteroatoms. The molecular weight excluding hydrogens is 323 g/mol. The number of hydrogen-bond acceptors (Lipinski definition) is 1. The summed E-state index contributed by atoms with van der Waals surface area (Å²) in [6.45, 7) is 2.65. The number of hydrogen-bond donors (Lipinski definition) is 1. The fourth-order valence-corrected chi connectivity index (χ4v) is 2.75. The molecule has 1 atom stereocenters. The maximum atomic E-state index is 12.5. The topological polar surface area (TPSA) is 29.1 Å². The van der Waals surface area contributed by atoms with Gasteiger partial charge in [-0.05, 0) is 38.5 Å². The van der Waals surface area contributed by atoms with Gasteiger partial charge in [0.05, 0.1) is 5.92 Å². The Balaban J connectivity index is 2.22. The van der Waals surface area contributed by atoms with Gasteiger partial charge in [-0.1, -0.05) is 22.9 Å². The summed E-state index contributed by atoms with van der Waals surface area (Å²) < 4.78 is 37.5. The second-order valence-corrected chi connectivity index (χ2v) is 6.87. The second-order valence-electron chi connectivity index (χ2n) is 5.30. The minimum atomic E-state index is -4.10. The van der Waals surface area contributed by atoms with Crippen molar-refractivity contribution in [2.24, 2.45) is 11.8 Å². The molecule has 0 bridgehead atoms. The van der Waals surface area contributed by atoms with Crippen molar-refractivity contribution < 1.29 is 18.0 Å². The maximum Gasteiger partial charge on any atom is 0.391 e. The average molecular weight is 344 g/mol. The van der Waals surface area contributed by atoms with E-state index in [0.717, 1.165) is 12.8 Å². The van der Waals surface area contributed by atoms with Gasteiger partial charge in [-0.15, -0.1) is 0 Å². The molecule has 0 radical (unpaired) electrons. The van der Waals surface area contributed by atoms with Crippen LogP contribution in [0.1, 0.15) is 45.4 Å². The molecule has 1 N–H and O–H groups in total. The molecule has 0 heterocycles. The lowest BCUT2D eigenvalue weighted by Gasteiger charge is -2.29. The van der Waals surface area contributed by atoms with Crippen LogP contribution in [0, 0.1) is 11.8 Å². The normalized spacial score (nSPS) is 25.9. The van der Waals surface area contributed by atoms with Gasteiger partial charge < -0.3 is 5.32 Å². The molecule has 0 aromatic carbocycles. The van der Waals surface area contributed by atoms with E-state index >= 15 is 0 Å². The van der Waals surface area contributed by atoms with Crippen molar-refractivity contribution >= 4 is 21.8 Å². The number of halogens is 4. The lowest BCUT2D eigenvalue weighted by atomic mass is 9.81. The molecule has 1 saturated carbocycles. The van der Waals surface area contributed by atoms with E-state index in [1.165, 1.54) is 0 Å². The molecule has 1 aliphatic carbocycles. The van der Waals surface area contributed by atoms with Crippen molar-refractivity contribution in [1.29, 1.82) is 0 Å². The van der Waals surface area contributed by atoms with Crippen molar-refractivity contribution in [1.82, 2.24) is 5.32 Å². The van der Waals surface area contributed by atoms with E-state index in [0.29, 0.717) is 24.2 Å². The van der Waals surface area contributed by atoms with Crippen molar-refractivity contribution in [2.75, 3.05) is 6.54 Å². The number of amides is 1. The van der Waals surface area contributed by atoms with E-state index in [1.807, 2.05) is 6.92 Å². The van der Waals surface area contributed by atoms with Crippen molar-refractivity contribution in [3.05, 3.63) is 0 Å². The van der Waals surface area contributed by atoms with E-state index in [9.17, 15) is 18.0 Å². The van der Waals surface area contributed by atoms with Crippen LogP contribution in [0.4, 0.5) is 13.2 Å². The van der Waals surface area contributed by atoms with Crippen LogP contribution in [0.25, 0.3) is 0 Å². The number of carbonyl (C=O) groups excluding carboxylic acids is 1. The molecule has 19 heavy (non-hydrogen) atoms. The fourth-order valence-electron chi connectivity index (χ4n) is 2.42. The highest BCUT2D eigenvalue weighted by molar-refractivity contribution is 9.09. The van der Waals surface area contributed by atoms with Crippen LogP contribution >= 0.6 is 15.9 Å². The Labute approximate surface area is 120 Å². The predicted molar refractivity (Wildman–Crippen MR) is 72.1 cm³/mol. The summed E-state index contributed by atoms with van der Waals surface area (Å²) in [5.41, 5.74) is 0. The molecule has 1 amide bonds. The summed E-state index contributed by atoms with van der Waals surface area (Å²) in [4.78, 5) is 12.2. The molecule has 1 unspecified atom stereocenters. The van der Waals surface area contributed by atoms with Gasteiger partial charge in [0.25, 0.3) is 0 Å². The quantitative estimate of drug-likeness (QED) is 0.592. The van der Waals surface area contributed by atoms with E-state index in [1.54, 1.807) is 0 Å². The number of rotatable bonds is 5. The van der Waals surface area contributed by atoms with E-state index in [2.05, 4.69) is 21.2 Å². The van der Waals surface area contributed by atoms with Crippen LogP contribution in [-0.4, -0.2) is 23.5 Å². The SMILES string of the molecule is CC(Br)CCCNC(=O)C1CCC(C(F)(F)F)CC1. The highest BCUT2D eigenvalue weighted by atomic mass is 79.9. The zero-order valence-corrected chi connectivity index (χ0v) is 12.7. The van der Waals surface area contributed by atoms with Crippen LogP contribution in [-0.2, 0) is 4.79 Å². The van der Waals surface area contributed by atoms with Gasteiger partial charge in [0.15, 0.2) is 0 Å². The minimum absolute atomic E-state index is 0.0807. The summed E-state index contributed by atoms with van der Waals surface area (Å²) in [7, 11) is 0. The Bertz CT molecular complexity index is 286. The second kappa shape index (κ2) is 7.50. The zero-order valence-electron chi connectivity index (χ0n) is 11.1. The van der Waals surface area contributed by atoms with E-state index in [4.69, 9.17) is 0 Å². The minimum Gasteiger partial charge on any atom is -0.356 e. The van der Waals surface area contributed by atoms with Crippen molar-refractivity contribution in [2.45, 2.75) is 56.5 Å². The summed E-state index contributed by atoms with van der Waals surface area (Å²) in [6, 6.07) is 0. The number of nitrogens with one attached hydrogen (secondary N) is 1. The molecule has 1 aliphatic rings. The van der Waals surface area contributed by atoms with E-state index < -0.39 is 12.1 Å². The first-order chi connectivity index (χ1) is 8.80. The molecular formula is C13H21BrF3NO. The average Bonchev–Trinajstić information content (AvgIpc) is 2.33. The Morgan fingerprint density at radius 2 is 1.89 bits per heavy atom. The van der Waals surface area contributed by atoms with Crippen LogP contribution in [0.3, 0.4) is 0 Å². The number of alkyl halides is 4. The van der Waals surface area contributed by atoms with Gasteiger partial charge in [-0.3, -0.25) is 4.79 Å². The third-order valence-electron chi connectivity index (χ3n) is 3.64. The molecule has 0 aromatic heterocycles. The Morgan fingerprint density at radius 1 is 1.32 bits per heavy atom. The van der Waals surface area contributed by atoms with Gasteiger partial charge >= 0.3 is 6.18 Å². The standard InChI is InChI=1S/C13H21BrF3NO/c1-9(14)3-2-8-18-12(19)10-4-6-11(7-5-10)13(15,16)17/h9-11H,2-8H2,1H3,(H,18,19). The summed E-state index contributed by atoms with van der Waals surface area (Å²) in [6.07, 6.45) is -1.37. The Morgan fingerprint density at radius 3 is 2.37 bits per heavy atom. The lowest BCUT2D eigenvalue weighted by molar-refractivity contribution is -0.184. The first kappa shape index (κ1) is 16.8. The number of carbonyl (C=O) groups is 1. The molecule has 0 spiro atoms. The van der Waals surface area contributed by atoms with Crippen LogP contribution in [0.15, 0.2) is 0 Å². The molecule has 112 valence electrons. The van der Waals surface area contributed by atoms with Gasteiger partial charge in [-0.2, -0.15) is 13.2 Å². The van der Waals surface area contributed by atoms with Crippen molar-refractivity contribution in [3.8, 4) is 0 Å².